The van der Waals surface area contributed by atoms with Crippen LogP contribution in [0.4, 0.5) is 8.78 Å². The fourth-order valence-corrected chi connectivity index (χ4v) is 1.93. The van der Waals surface area contributed by atoms with Gasteiger partial charge in [0.2, 0.25) is 0 Å². The van der Waals surface area contributed by atoms with Gasteiger partial charge in [-0.15, -0.1) is 24.0 Å². The van der Waals surface area contributed by atoms with Crippen molar-refractivity contribution in [3.05, 3.63) is 29.8 Å². The highest BCUT2D eigenvalue weighted by Crippen LogP contribution is 2.20. The number of thioether (sulfide) groups is 1. The summed E-state index contributed by atoms with van der Waals surface area (Å²) < 4.78 is 29.2. The maximum Gasteiger partial charge on any atom is 0.387 e. The molecule has 0 aliphatic carbocycles. The molecule has 0 saturated heterocycles. The lowest BCUT2D eigenvalue weighted by Gasteiger charge is -2.12. The molecular formula is C14H22F2IN3OS. The van der Waals surface area contributed by atoms with Crippen LogP contribution in [0.2, 0.25) is 0 Å². The molecule has 0 amide bonds. The van der Waals surface area contributed by atoms with Crippen LogP contribution in [0, 0.1) is 0 Å². The third-order valence-corrected chi connectivity index (χ3v) is 3.15. The average molecular weight is 445 g/mol. The van der Waals surface area contributed by atoms with Crippen LogP contribution in [0.1, 0.15) is 12.5 Å². The van der Waals surface area contributed by atoms with Gasteiger partial charge in [-0.2, -0.15) is 20.5 Å². The van der Waals surface area contributed by atoms with Gasteiger partial charge in [0, 0.05) is 24.4 Å². The Balaban J connectivity index is 0.00000441. The number of guanidine groups is 1. The molecule has 1 aromatic carbocycles. The van der Waals surface area contributed by atoms with Gasteiger partial charge in [0.15, 0.2) is 5.96 Å². The molecule has 0 heterocycles. The molecule has 126 valence electrons. The van der Waals surface area contributed by atoms with E-state index >= 15 is 0 Å². The van der Waals surface area contributed by atoms with Gasteiger partial charge in [-0.05, 0) is 19.2 Å². The predicted octanol–water partition coefficient (Wildman–Crippen LogP) is 3.32. The summed E-state index contributed by atoms with van der Waals surface area (Å²) in [4.78, 5) is 4.38. The molecule has 0 aliphatic heterocycles. The minimum absolute atomic E-state index is 0. The lowest BCUT2D eigenvalue weighted by atomic mass is 10.2. The standard InChI is InChI=1S/C14H21F2N3OS.HI/c1-3-17-14(18-8-9-21-2)19-10-11-6-4-5-7-12(11)20-13(15)16;/h4-7,13H,3,8-10H2,1-2H3,(H2,17,18,19);1H. The van der Waals surface area contributed by atoms with E-state index in [1.807, 2.05) is 13.2 Å². The van der Waals surface area contributed by atoms with Crippen LogP contribution in [0.3, 0.4) is 0 Å². The summed E-state index contributed by atoms with van der Waals surface area (Å²) in [7, 11) is 0. The van der Waals surface area contributed by atoms with Crippen molar-refractivity contribution in [2.45, 2.75) is 20.1 Å². The van der Waals surface area contributed by atoms with Gasteiger partial charge >= 0.3 is 6.61 Å². The third kappa shape index (κ3) is 8.62. The lowest BCUT2D eigenvalue weighted by Crippen LogP contribution is -2.38. The Morgan fingerprint density at radius 2 is 2.05 bits per heavy atom. The zero-order valence-corrected chi connectivity index (χ0v) is 15.8. The van der Waals surface area contributed by atoms with Crippen molar-refractivity contribution < 1.29 is 13.5 Å². The normalized spacial score (nSPS) is 11.0. The smallest absolute Gasteiger partial charge is 0.387 e. The summed E-state index contributed by atoms with van der Waals surface area (Å²) in [6.45, 7) is 0.947. The highest BCUT2D eigenvalue weighted by molar-refractivity contribution is 14.0. The molecule has 0 bridgehead atoms. The molecule has 0 radical (unpaired) electrons. The summed E-state index contributed by atoms with van der Waals surface area (Å²) in [6.07, 6.45) is 2.03. The minimum atomic E-state index is -2.83. The molecule has 0 saturated carbocycles. The summed E-state index contributed by atoms with van der Waals surface area (Å²) in [5, 5.41) is 6.29. The topological polar surface area (TPSA) is 45.7 Å². The first-order valence-corrected chi connectivity index (χ1v) is 8.10. The molecule has 22 heavy (non-hydrogen) atoms. The molecule has 0 fully saturated rings. The van der Waals surface area contributed by atoms with E-state index in [0.29, 0.717) is 11.5 Å². The zero-order chi connectivity index (χ0) is 15.5. The second-order valence-electron chi connectivity index (χ2n) is 4.10. The third-order valence-electron chi connectivity index (χ3n) is 2.54. The maximum atomic E-state index is 12.3. The molecule has 4 nitrogen and oxygen atoms in total. The van der Waals surface area contributed by atoms with Gasteiger partial charge in [-0.25, -0.2) is 4.99 Å². The number of aliphatic imine (C=N–C) groups is 1. The van der Waals surface area contributed by atoms with Crippen LogP contribution in [0.15, 0.2) is 29.3 Å². The SMILES string of the molecule is CCNC(=NCc1ccccc1OC(F)F)NCCSC.I. The van der Waals surface area contributed by atoms with Gasteiger partial charge in [-0.1, -0.05) is 18.2 Å². The second-order valence-corrected chi connectivity index (χ2v) is 5.09. The van der Waals surface area contributed by atoms with Crippen molar-refractivity contribution in [3.8, 4) is 5.75 Å². The Labute approximate surface area is 151 Å². The minimum Gasteiger partial charge on any atom is -0.434 e. The molecule has 0 aliphatic rings. The number of halogens is 3. The Bertz CT molecular complexity index is 450. The Morgan fingerprint density at radius 1 is 1.32 bits per heavy atom. The monoisotopic (exact) mass is 445 g/mol. The summed E-state index contributed by atoms with van der Waals surface area (Å²) in [5.41, 5.74) is 0.625. The summed E-state index contributed by atoms with van der Waals surface area (Å²) >= 11 is 1.74. The molecule has 0 aromatic heterocycles. The number of nitrogens with one attached hydrogen (secondary N) is 2. The van der Waals surface area contributed by atoms with Gasteiger partial charge < -0.3 is 15.4 Å². The van der Waals surface area contributed by atoms with Crippen molar-refractivity contribution in [1.29, 1.82) is 0 Å². The number of nitrogens with zero attached hydrogens (tertiary/aromatic N) is 1. The van der Waals surface area contributed by atoms with E-state index in [4.69, 9.17) is 0 Å². The van der Waals surface area contributed by atoms with Crippen molar-refractivity contribution >= 4 is 41.7 Å². The van der Waals surface area contributed by atoms with Crippen molar-refractivity contribution in [3.63, 3.8) is 0 Å². The highest BCUT2D eigenvalue weighted by atomic mass is 127. The molecule has 0 spiro atoms. The summed E-state index contributed by atoms with van der Waals surface area (Å²) in [6, 6.07) is 6.68. The first-order chi connectivity index (χ1) is 10.2. The van der Waals surface area contributed by atoms with Crippen LogP contribution >= 0.6 is 35.7 Å². The first-order valence-electron chi connectivity index (χ1n) is 6.71. The Kier molecular flexibility index (Phi) is 12.3. The van der Waals surface area contributed by atoms with Gasteiger partial charge in [0.25, 0.3) is 0 Å². The van der Waals surface area contributed by atoms with E-state index in [1.165, 1.54) is 6.07 Å². The number of rotatable bonds is 8. The van der Waals surface area contributed by atoms with E-state index < -0.39 is 6.61 Å². The number of para-hydroxylation sites is 1. The van der Waals surface area contributed by atoms with Gasteiger partial charge in [0.1, 0.15) is 5.75 Å². The molecule has 0 atom stereocenters. The van der Waals surface area contributed by atoms with Crippen LogP contribution in [0.5, 0.6) is 5.75 Å². The van der Waals surface area contributed by atoms with Crippen LogP contribution in [-0.4, -0.2) is 37.7 Å². The quantitative estimate of drug-likeness (QED) is 0.279. The average Bonchev–Trinajstić information content (AvgIpc) is 2.45. The van der Waals surface area contributed by atoms with Crippen LogP contribution < -0.4 is 15.4 Å². The number of benzene rings is 1. The predicted molar refractivity (Wildman–Crippen MR) is 99.7 cm³/mol. The Hall–Kier alpha value is -0.770. The molecule has 8 heteroatoms. The molecule has 0 unspecified atom stereocenters. The van der Waals surface area contributed by atoms with Gasteiger partial charge in [-0.3, -0.25) is 0 Å². The first kappa shape index (κ1) is 21.2. The molecule has 1 rings (SSSR count). The molecular weight excluding hydrogens is 423 g/mol. The largest absolute Gasteiger partial charge is 0.434 e. The lowest BCUT2D eigenvalue weighted by molar-refractivity contribution is -0.0504. The fraction of sp³-hybridized carbons (Fsp3) is 0.500. The summed E-state index contributed by atoms with van der Waals surface area (Å²) in [5.74, 6) is 1.80. The van der Waals surface area contributed by atoms with E-state index in [0.717, 1.165) is 18.8 Å². The fourth-order valence-electron chi connectivity index (χ4n) is 1.62. The van der Waals surface area contributed by atoms with E-state index in [9.17, 15) is 8.78 Å². The highest BCUT2D eigenvalue weighted by Gasteiger charge is 2.08. The Morgan fingerprint density at radius 3 is 2.68 bits per heavy atom. The number of ether oxygens (including phenoxy) is 1. The number of hydrogen-bond donors (Lipinski definition) is 2. The zero-order valence-electron chi connectivity index (χ0n) is 12.6. The second kappa shape index (κ2) is 12.7. The number of alkyl halides is 2. The molecule has 2 N–H and O–H groups in total. The van der Waals surface area contributed by atoms with E-state index in [-0.39, 0.29) is 36.3 Å². The van der Waals surface area contributed by atoms with Crippen LogP contribution in [-0.2, 0) is 6.54 Å². The maximum absolute atomic E-state index is 12.3. The van der Waals surface area contributed by atoms with Crippen LogP contribution in [0.25, 0.3) is 0 Å². The van der Waals surface area contributed by atoms with Gasteiger partial charge in [0.05, 0.1) is 6.54 Å². The van der Waals surface area contributed by atoms with Crippen molar-refractivity contribution in [2.75, 3.05) is 25.1 Å². The van der Waals surface area contributed by atoms with E-state index in [2.05, 4.69) is 20.4 Å². The number of hydrogen-bond acceptors (Lipinski definition) is 3. The molecule has 1 aromatic rings. The van der Waals surface area contributed by atoms with E-state index in [1.54, 1.807) is 30.0 Å². The van der Waals surface area contributed by atoms with Crippen molar-refractivity contribution in [1.82, 2.24) is 10.6 Å². The van der Waals surface area contributed by atoms with Crippen molar-refractivity contribution in [2.24, 2.45) is 4.99 Å².